The van der Waals surface area contributed by atoms with Crippen molar-refractivity contribution in [2.45, 2.75) is 19.8 Å². The SMILES string of the molecule is CCCC1=N/C(=C(/c2ccc(N(C)C)cc2)c2ccc(N(C)C)cc2B(F)F)C(=O)N1. The summed E-state index contributed by atoms with van der Waals surface area (Å²) in [6.07, 6.45) is 1.43. The van der Waals surface area contributed by atoms with Crippen LogP contribution in [-0.4, -0.2) is 47.2 Å². The van der Waals surface area contributed by atoms with Gasteiger partial charge in [0.15, 0.2) is 0 Å². The summed E-state index contributed by atoms with van der Waals surface area (Å²) in [4.78, 5) is 21.0. The minimum atomic E-state index is -2.70. The lowest BCUT2D eigenvalue weighted by molar-refractivity contribution is -0.115. The zero-order valence-corrected chi connectivity index (χ0v) is 18.5. The zero-order chi connectivity index (χ0) is 22.7. The molecule has 8 heteroatoms. The number of benzene rings is 2. The van der Waals surface area contributed by atoms with E-state index in [0.29, 0.717) is 34.6 Å². The Kier molecular flexibility index (Phi) is 6.78. The smallest absolute Gasteiger partial charge is 0.378 e. The molecule has 0 fully saturated rings. The molecule has 0 saturated carbocycles. The van der Waals surface area contributed by atoms with Crippen LogP contribution in [0.5, 0.6) is 0 Å². The summed E-state index contributed by atoms with van der Waals surface area (Å²) >= 11 is 0. The monoisotopic (exact) mass is 424 g/mol. The number of carbonyl (C=O) groups is 1. The Labute approximate surface area is 182 Å². The molecule has 0 aromatic heterocycles. The number of carbonyl (C=O) groups excluding carboxylic acids is 1. The molecule has 162 valence electrons. The summed E-state index contributed by atoms with van der Waals surface area (Å²) in [7, 11) is 4.75. The zero-order valence-electron chi connectivity index (χ0n) is 18.5. The van der Waals surface area contributed by atoms with Crippen LogP contribution in [0.3, 0.4) is 0 Å². The molecule has 1 N–H and O–H groups in total. The number of amides is 1. The first-order valence-corrected chi connectivity index (χ1v) is 10.2. The first-order chi connectivity index (χ1) is 14.7. The Morgan fingerprint density at radius 2 is 1.61 bits per heavy atom. The van der Waals surface area contributed by atoms with Crippen LogP contribution in [0.15, 0.2) is 53.2 Å². The molecule has 5 nitrogen and oxygen atoms in total. The molecule has 0 unspecified atom stereocenters. The van der Waals surface area contributed by atoms with Gasteiger partial charge >= 0.3 is 7.27 Å². The summed E-state index contributed by atoms with van der Waals surface area (Å²) in [6, 6.07) is 12.4. The van der Waals surface area contributed by atoms with Crippen LogP contribution >= 0.6 is 0 Å². The van der Waals surface area contributed by atoms with E-state index in [1.54, 1.807) is 31.1 Å². The maximum absolute atomic E-state index is 14.1. The van der Waals surface area contributed by atoms with Gasteiger partial charge in [0.25, 0.3) is 5.91 Å². The Hall–Kier alpha value is -3.16. The Morgan fingerprint density at radius 1 is 1.00 bits per heavy atom. The van der Waals surface area contributed by atoms with Crippen molar-refractivity contribution < 1.29 is 13.4 Å². The molecular formula is C23H27BF2N4O. The van der Waals surface area contributed by atoms with Crippen LogP contribution in [-0.2, 0) is 4.79 Å². The lowest BCUT2D eigenvalue weighted by Crippen LogP contribution is -2.28. The Balaban J connectivity index is 2.28. The second kappa shape index (κ2) is 9.33. The number of halogens is 2. The largest absolute Gasteiger partial charge is 0.572 e. The summed E-state index contributed by atoms with van der Waals surface area (Å²) in [5.41, 5.74) is 3.06. The van der Waals surface area contributed by atoms with E-state index in [9.17, 15) is 13.4 Å². The predicted molar refractivity (Wildman–Crippen MR) is 126 cm³/mol. The van der Waals surface area contributed by atoms with Crippen LogP contribution in [0.2, 0.25) is 0 Å². The van der Waals surface area contributed by atoms with E-state index < -0.39 is 7.27 Å². The minimum Gasteiger partial charge on any atom is -0.378 e. The first-order valence-electron chi connectivity index (χ1n) is 10.2. The van der Waals surface area contributed by atoms with E-state index in [1.807, 2.05) is 50.2 Å². The van der Waals surface area contributed by atoms with Crippen LogP contribution in [0.25, 0.3) is 5.57 Å². The molecule has 1 aliphatic rings. The number of anilines is 2. The molecule has 2 aromatic rings. The highest BCUT2D eigenvalue weighted by Gasteiger charge is 2.30. The van der Waals surface area contributed by atoms with Gasteiger partial charge in [-0.1, -0.05) is 25.1 Å². The van der Waals surface area contributed by atoms with Crippen molar-refractivity contribution in [3.8, 4) is 0 Å². The van der Waals surface area contributed by atoms with Crippen molar-refractivity contribution in [1.29, 1.82) is 0 Å². The average Bonchev–Trinajstić information content (AvgIpc) is 3.08. The molecule has 31 heavy (non-hydrogen) atoms. The molecule has 1 amide bonds. The molecule has 2 aromatic carbocycles. The normalized spacial score (nSPS) is 14.8. The first kappa shape index (κ1) is 22.5. The van der Waals surface area contributed by atoms with Gasteiger partial charge in [0.2, 0.25) is 0 Å². The fraction of sp³-hybridized carbons (Fsp3) is 0.304. The quantitative estimate of drug-likeness (QED) is 0.547. The fourth-order valence-electron chi connectivity index (χ4n) is 3.51. The van der Waals surface area contributed by atoms with Crippen molar-refractivity contribution >= 4 is 41.4 Å². The molecule has 0 radical (unpaired) electrons. The molecule has 1 aliphatic heterocycles. The molecule has 0 bridgehead atoms. The lowest BCUT2D eigenvalue weighted by Gasteiger charge is -2.19. The number of nitrogens with one attached hydrogen (secondary N) is 1. The number of aliphatic imine (C=N–C) groups is 1. The van der Waals surface area contributed by atoms with Crippen molar-refractivity contribution in [3.63, 3.8) is 0 Å². The van der Waals surface area contributed by atoms with Gasteiger partial charge in [-0.3, -0.25) is 13.4 Å². The van der Waals surface area contributed by atoms with Gasteiger partial charge in [0.05, 0.1) is 0 Å². The van der Waals surface area contributed by atoms with Gasteiger partial charge in [-0.25, -0.2) is 4.99 Å². The second-order valence-corrected chi connectivity index (χ2v) is 7.89. The van der Waals surface area contributed by atoms with Gasteiger partial charge in [0, 0.05) is 57.0 Å². The third-order valence-electron chi connectivity index (χ3n) is 5.17. The van der Waals surface area contributed by atoms with Crippen LogP contribution in [0, 0.1) is 0 Å². The van der Waals surface area contributed by atoms with E-state index >= 15 is 0 Å². The summed E-state index contributed by atoms with van der Waals surface area (Å²) in [5.74, 6) is 0.195. The third kappa shape index (κ3) is 4.79. The molecule has 0 aliphatic carbocycles. The van der Waals surface area contributed by atoms with Crippen molar-refractivity contribution in [1.82, 2.24) is 5.32 Å². The van der Waals surface area contributed by atoms with Gasteiger partial charge in [-0.15, -0.1) is 0 Å². The van der Waals surface area contributed by atoms with Crippen molar-refractivity contribution in [3.05, 3.63) is 59.3 Å². The standard InChI is InChI=1S/C23H27BF2N4O/c1-6-7-20-27-22(23(31)28-20)21(15-8-10-16(11-9-15)29(2)3)18-13-12-17(30(4)5)14-19(18)24(25)26/h8-14H,6-7H2,1-5H3,(H,27,28,31)/b22-21-. The molecular weight excluding hydrogens is 397 g/mol. The van der Waals surface area contributed by atoms with E-state index in [1.165, 1.54) is 6.07 Å². The Bertz CT molecular complexity index is 1030. The van der Waals surface area contributed by atoms with Gasteiger partial charge < -0.3 is 15.1 Å². The van der Waals surface area contributed by atoms with Crippen LogP contribution in [0.4, 0.5) is 20.0 Å². The molecule has 0 saturated heterocycles. The van der Waals surface area contributed by atoms with Crippen molar-refractivity contribution in [2.24, 2.45) is 4.99 Å². The van der Waals surface area contributed by atoms with E-state index in [0.717, 1.165) is 12.1 Å². The molecule has 0 atom stereocenters. The lowest BCUT2D eigenvalue weighted by atomic mass is 9.77. The third-order valence-corrected chi connectivity index (χ3v) is 5.17. The second-order valence-electron chi connectivity index (χ2n) is 7.89. The van der Waals surface area contributed by atoms with E-state index in [-0.39, 0.29) is 17.1 Å². The van der Waals surface area contributed by atoms with Crippen LogP contribution < -0.4 is 20.6 Å². The topological polar surface area (TPSA) is 47.9 Å². The summed E-state index contributed by atoms with van der Waals surface area (Å²) in [5, 5.41) is 2.78. The highest BCUT2D eigenvalue weighted by Crippen LogP contribution is 2.31. The highest BCUT2D eigenvalue weighted by molar-refractivity contribution is 6.61. The van der Waals surface area contributed by atoms with Crippen molar-refractivity contribution in [2.75, 3.05) is 38.0 Å². The number of rotatable bonds is 7. The molecule has 1 heterocycles. The average molecular weight is 424 g/mol. The van der Waals surface area contributed by atoms with Gasteiger partial charge in [-0.2, -0.15) is 0 Å². The number of amidine groups is 1. The number of hydrogen-bond acceptors (Lipinski definition) is 4. The number of hydrogen-bond donors (Lipinski definition) is 1. The highest BCUT2D eigenvalue weighted by atomic mass is 19.2. The van der Waals surface area contributed by atoms with E-state index in [2.05, 4.69) is 10.3 Å². The summed E-state index contributed by atoms with van der Waals surface area (Å²) in [6.45, 7) is 1.99. The van der Waals surface area contributed by atoms with E-state index in [4.69, 9.17) is 0 Å². The Morgan fingerprint density at radius 3 is 2.16 bits per heavy atom. The predicted octanol–water partition coefficient (Wildman–Crippen LogP) is 3.54. The molecule has 0 spiro atoms. The van der Waals surface area contributed by atoms with Gasteiger partial charge in [-0.05, 0) is 41.8 Å². The maximum atomic E-state index is 14.1. The summed E-state index contributed by atoms with van der Waals surface area (Å²) < 4.78 is 28.2. The minimum absolute atomic E-state index is 0.127. The van der Waals surface area contributed by atoms with Crippen LogP contribution in [0.1, 0.15) is 30.9 Å². The molecule has 3 rings (SSSR count). The maximum Gasteiger partial charge on any atom is 0.572 e. The van der Waals surface area contributed by atoms with Gasteiger partial charge in [0.1, 0.15) is 11.5 Å². The fourth-order valence-corrected chi connectivity index (χ4v) is 3.51. The number of nitrogens with zero attached hydrogens (tertiary/aromatic N) is 3.